The van der Waals surface area contributed by atoms with Crippen LogP contribution in [-0.2, 0) is 15.8 Å². The molecule has 1 heterocycles. The van der Waals surface area contributed by atoms with Crippen LogP contribution in [0.2, 0.25) is 0 Å². The van der Waals surface area contributed by atoms with Crippen molar-refractivity contribution < 1.29 is 27.6 Å². The Labute approximate surface area is 193 Å². The first kappa shape index (κ1) is 23.0. The molecule has 3 amide bonds. The standard InChI is InChI=1S/C25H20F3N3O3/c1-15-9-11-16(12-10-15)24(34)31-20-8-3-2-7-19(20)30-23(33)21(31)14-22(32)29-18-6-4-5-17(13-18)25(26,27)28/h2-13,21H,14H2,1H3,(H,29,32)(H,30,33). The molecule has 4 rings (SSSR count). The summed E-state index contributed by atoms with van der Waals surface area (Å²) >= 11 is 0. The molecule has 0 saturated heterocycles. The number of hydrogen-bond donors (Lipinski definition) is 2. The summed E-state index contributed by atoms with van der Waals surface area (Å²) in [5.74, 6) is -1.75. The van der Waals surface area contributed by atoms with Crippen molar-refractivity contribution >= 4 is 34.8 Å². The molecule has 0 radical (unpaired) electrons. The van der Waals surface area contributed by atoms with Gasteiger partial charge in [-0.05, 0) is 49.4 Å². The van der Waals surface area contributed by atoms with Gasteiger partial charge in [0.2, 0.25) is 11.8 Å². The molecule has 1 aliphatic heterocycles. The number of hydrogen-bond acceptors (Lipinski definition) is 3. The molecule has 0 spiro atoms. The van der Waals surface area contributed by atoms with E-state index in [1.165, 1.54) is 17.0 Å². The Morgan fingerprint density at radius 2 is 1.71 bits per heavy atom. The normalized spacial score (nSPS) is 15.4. The average Bonchev–Trinajstić information content (AvgIpc) is 2.79. The smallest absolute Gasteiger partial charge is 0.326 e. The van der Waals surface area contributed by atoms with Gasteiger partial charge < -0.3 is 10.6 Å². The quantitative estimate of drug-likeness (QED) is 0.566. The average molecular weight is 467 g/mol. The van der Waals surface area contributed by atoms with E-state index in [9.17, 15) is 27.6 Å². The number of nitrogens with zero attached hydrogens (tertiary/aromatic N) is 1. The van der Waals surface area contributed by atoms with Gasteiger partial charge in [0.25, 0.3) is 5.91 Å². The fraction of sp³-hybridized carbons (Fsp3) is 0.160. The van der Waals surface area contributed by atoms with Crippen LogP contribution in [0.25, 0.3) is 0 Å². The molecular formula is C25H20F3N3O3. The maximum atomic E-state index is 13.4. The summed E-state index contributed by atoms with van der Waals surface area (Å²) in [5, 5.41) is 5.09. The third-order valence-corrected chi connectivity index (χ3v) is 5.41. The second-order valence-corrected chi connectivity index (χ2v) is 7.89. The molecule has 0 aromatic heterocycles. The Balaban J connectivity index is 1.62. The highest BCUT2D eigenvalue weighted by Crippen LogP contribution is 2.34. The van der Waals surface area contributed by atoms with Gasteiger partial charge in [0.1, 0.15) is 6.04 Å². The molecule has 3 aromatic carbocycles. The minimum atomic E-state index is -4.56. The third kappa shape index (κ3) is 4.78. The molecule has 0 aliphatic carbocycles. The first-order valence-electron chi connectivity index (χ1n) is 10.4. The lowest BCUT2D eigenvalue weighted by Gasteiger charge is -2.36. The molecule has 0 fully saturated rings. The van der Waals surface area contributed by atoms with Crippen LogP contribution in [-0.4, -0.2) is 23.8 Å². The minimum Gasteiger partial charge on any atom is -0.326 e. The summed E-state index contributed by atoms with van der Waals surface area (Å²) in [4.78, 5) is 40.3. The van der Waals surface area contributed by atoms with E-state index in [1.807, 2.05) is 6.92 Å². The van der Waals surface area contributed by atoms with Gasteiger partial charge in [-0.15, -0.1) is 0 Å². The number of anilines is 3. The van der Waals surface area contributed by atoms with Gasteiger partial charge in [0, 0.05) is 11.3 Å². The van der Waals surface area contributed by atoms with Crippen molar-refractivity contribution in [3.05, 3.63) is 89.5 Å². The minimum absolute atomic E-state index is 0.0622. The lowest BCUT2D eigenvalue weighted by atomic mass is 10.0. The number of aryl methyl sites for hydroxylation is 1. The van der Waals surface area contributed by atoms with E-state index >= 15 is 0 Å². The van der Waals surface area contributed by atoms with Gasteiger partial charge in [0.05, 0.1) is 23.4 Å². The first-order chi connectivity index (χ1) is 16.1. The Hall–Kier alpha value is -4.14. The van der Waals surface area contributed by atoms with Crippen molar-refractivity contribution in [1.29, 1.82) is 0 Å². The zero-order valence-corrected chi connectivity index (χ0v) is 18.0. The van der Waals surface area contributed by atoms with Crippen LogP contribution in [0.15, 0.2) is 72.8 Å². The number of nitrogens with one attached hydrogen (secondary N) is 2. The van der Waals surface area contributed by atoms with Crippen molar-refractivity contribution in [2.24, 2.45) is 0 Å². The number of carbonyl (C=O) groups excluding carboxylic acids is 3. The Bertz CT molecular complexity index is 1260. The summed E-state index contributed by atoms with van der Waals surface area (Å²) < 4.78 is 39.0. The molecular weight excluding hydrogens is 447 g/mol. The maximum Gasteiger partial charge on any atom is 0.416 e. The summed E-state index contributed by atoms with van der Waals surface area (Å²) in [6.45, 7) is 1.87. The fourth-order valence-corrected chi connectivity index (χ4v) is 3.72. The number of carbonyl (C=O) groups is 3. The molecule has 1 atom stereocenters. The highest BCUT2D eigenvalue weighted by atomic mass is 19.4. The van der Waals surface area contributed by atoms with Crippen molar-refractivity contribution in [2.45, 2.75) is 25.6 Å². The molecule has 174 valence electrons. The van der Waals surface area contributed by atoms with Gasteiger partial charge in [-0.3, -0.25) is 19.3 Å². The van der Waals surface area contributed by atoms with Gasteiger partial charge >= 0.3 is 6.18 Å². The number of amides is 3. The van der Waals surface area contributed by atoms with Crippen LogP contribution < -0.4 is 15.5 Å². The van der Waals surface area contributed by atoms with E-state index in [0.29, 0.717) is 16.9 Å². The van der Waals surface area contributed by atoms with E-state index in [4.69, 9.17) is 0 Å². The highest BCUT2D eigenvalue weighted by Gasteiger charge is 2.38. The molecule has 0 saturated carbocycles. The third-order valence-electron chi connectivity index (χ3n) is 5.41. The van der Waals surface area contributed by atoms with Gasteiger partial charge in [-0.25, -0.2) is 0 Å². The largest absolute Gasteiger partial charge is 0.416 e. The molecule has 9 heteroatoms. The molecule has 0 bridgehead atoms. The lowest BCUT2D eigenvalue weighted by molar-refractivity contribution is -0.137. The number of benzene rings is 3. The molecule has 34 heavy (non-hydrogen) atoms. The fourth-order valence-electron chi connectivity index (χ4n) is 3.72. The van der Waals surface area contributed by atoms with E-state index in [-0.39, 0.29) is 5.69 Å². The SMILES string of the molecule is Cc1ccc(C(=O)N2c3ccccc3NC(=O)C2CC(=O)Nc2cccc(C(F)(F)F)c2)cc1. The van der Waals surface area contributed by atoms with E-state index in [1.54, 1.807) is 48.5 Å². The zero-order valence-electron chi connectivity index (χ0n) is 18.0. The van der Waals surface area contributed by atoms with Crippen molar-refractivity contribution in [3.63, 3.8) is 0 Å². The van der Waals surface area contributed by atoms with Gasteiger partial charge in [-0.1, -0.05) is 35.9 Å². The Morgan fingerprint density at radius 1 is 1.00 bits per heavy atom. The van der Waals surface area contributed by atoms with Crippen molar-refractivity contribution in [2.75, 3.05) is 15.5 Å². The van der Waals surface area contributed by atoms with Crippen LogP contribution in [0.4, 0.5) is 30.2 Å². The summed E-state index contributed by atoms with van der Waals surface area (Å²) in [6.07, 6.45) is -5.01. The predicted molar refractivity (Wildman–Crippen MR) is 122 cm³/mol. The van der Waals surface area contributed by atoms with Crippen LogP contribution in [0, 0.1) is 6.92 Å². The first-order valence-corrected chi connectivity index (χ1v) is 10.4. The summed E-state index contributed by atoms with van der Waals surface area (Å²) in [6, 6.07) is 16.5. The van der Waals surface area contributed by atoms with Crippen molar-refractivity contribution in [1.82, 2.24) is 0 Å². The summed E-state index contributed by atoms with van der Waals surface area (Å²) in [7, 11) is 0. The van der Waals surface area contributed by atoms with Crippen LogP contribution >= 0.6 is 0 Å². The topological polar surface area (TPSA) is 78.5 Å². The summed E-state index contributed by atoms with van der Waals surface area (Å²) in [5.41, 5.74) is 1.15. The van der Waals surface area contributed by atoms with Crippen LogP contribution in [0.3, 0.4) is 0 Å². The number of para-hydroxylation sites is 2. The monoisotopic (exact) mass is 467 g/mol. The Kier molecular flexibility index (Phi) is 6.10. The molecule has 3 aromatic rings. The predicted octanol–water partition coefficient (Wildman–Crippen LogP) is 5.01. The number of alkyl halides is 3. The van der Waals surface area contributed by atoms with Gasteiger partial charge in [-0.2, -0.15) is 13.2 Å². The van der Waals surface area contributed by atoms with Crippen LogP contribution in [0.1, 0.15) is 27.9 Å². The number of fused-ring (bicyclic) bond motifs is 1. The second kappa shape index (κ2) is 9.01. The van der Waals surface area contributed by atoms with Gasteiger partial charge in [0.15, 0.2) is 0 Å². The zero-order chi connectivity index (χ0) is 24.5. The van der Waals surface area contributed by atoms with Crippen molar-refractivity contribution in [3.8, 4) is 0 Å². The lowest BCUT2D eigenvalue weighted by Crippen LogP contribution is -2.52. The van der Waals surface area contributed by atoms with E-state index in [2.05, 4.69) is 10.6 Å². The van der Waals surface area contributed by atoms with E-state index in [0.717, 1.165) is 17.7 Å². The number of rotatable bonds is 4. The number of halogens is 3. The molecule has 1 aliphatic rings. The molecule has 1 unspecified atom stereocenters. The highest BCUT2D eigenvalue weighted by molar-refractivity contribution is 6.17. The maximum absolute atomic E-state index is 13.4. The second-order valence-electron chi connectivity index (χ2n) is 7.89. The van der Waals surface area contributed by atoms with E-state index < -0.39 is 41.9 Å². The molecule has 2 N–H and O–H groups in total. The Morgan fingerprint density at radius 3 is 2.41 bits per heavy atom. The van der Waals surface area contributed by atoms with Crippen LogP contribution in [0.5, 0.6) is 0 Å². The molecule has 6 nitrogen and oxygen atoms in total.